The summed E-state index contributed by atoms with van der Waals surface area (Å²) < 4.78 is 11.5. The highest BCUT2D eigenvalue weighted by atomic mass is 35.5. The van der Waals surface area contributed by atoms with Crippen molar-refractivity contribution in [1.29, 1.82) is 0 Å². The van der Waals surface area contributed by atoms with E-state index in [2.05, 4.69) is 5.32 Å². The van der Waals surface area contributed by atoms with Crippen molar-refractivity contribution in [3.63, 3.8) is 0 Å². The van der Waals surface area contributed by atoms with Crippen molar-refractivity contribution in [2.45, 2.75) is 27.3 Å². The summed E-state index contributed by atoms with van der Waals surface area (Å²) >= 11 is 13.3. The number of anilines is 1. The topological polar surface area (TPSA) is 84.9 Å². The van der Waals surface area contributed by atoms with Gasteiger partial charge in [0.1, 0.15) is 0 Å². The first-order chi connectivity index (χ1) is 18.7. The SMILES string of the molecule is CCOc1cc(/C=C2\SC(=O)N(Cc3c(Cl)cccc3Cl)C2=O)ccc1OCC(=O)Nc1cc(C)ccc1C. The van der Waals surface area contributed by atoms with Crippen LogP contribution in [0.15, 0.2) is 59.5 Å². The predicted molar refractivity (Wildman–Crippen MR) is 156 cm³/mol. The first-order valence-electron chi connectivity index (χ1n) is 12.1. The Morgan fingerprint density at radius 1 is 1.00 bits per heavy atom. The summed E-state index contributed by atoms with van der Waals surface area (Å²) in [6.45, 7) is 5.83. The summed E-state index contributed by atoms with van der Waals surface area (Å²) in [6, 6.07) is 15.9. The smallest absolute Gasteiger partial charge is 0.293 e. The van der Waals surface area contributed by atoms with Crippen molar-refractivity contribution in [3.8, 4) is 11.5 Å². The van der Waals surface area contributed by atoms with Crippen LogP contribution in [0, 0.1) is 13.8 Å². The van der Waals surface area contributed by atoms with Crippen LogP contribution in [0.4, 0.5) is 10.5 Å². The number of nitrogens with one attached hydrogen (secondary N) is 1. The highest BCUT2D eigenvalue weighted by Gasteiger charge is 2.35. The molecule has 0 spiro atoms. The van der Waals surface area contributed by atoms with E-state index in [4.69, 9.17) is 32.7 Å². The monoisotopic (exact) mass is 584 g/mol. The van der Waals surface area contributed by atoms with Gasteiger partial charge in [0.2, 0.25) is 0 Å². The van der Waals surface area contributed by atoms with Crippen molar-refractivity contribution >= 4 is 63.8 Å². The van der Waals surface area contributed by atoms with E-state index in [9.17, 15) is 14.4 Å². The van der Waals surface area contributed by atoms with E-state index in [1.54, 1.807) is 42.5 Å². The van der Waals surface area contributed by atoms with Crippen LogP contribution in [0.25, 0.3) is 6.08 Å². The van der Waals surface area contributed by atoms with Gasteiger partial charge >= 0.3 is 0 Å². The Morgan fingerprint density at radius 3 is 2.46 bits per heavy atom. The van der Waals surface area contributed by atoms with Crippen molar-refractivity contribution < 1.29 is 23.9 Å². The number of benzene rings is 3. The molecule has 0 atom stereocenters. The highest BCUT2D eigenvalue weighted by molar-refractivity contribution is 8.18. The molecule has 3 aromatic carbocycles. The minimum absolute atomic E-state index is 0.0262. The summed E-state index contributed by atoms with van der Waals surface area (Å²) in [5.74, 6) is 0.0457. The average molecular weight is 586 g/mol. The molecular weight excluding hydrogens is 559 g/mol. The molecule has 0 aliphatic carbocycles. The number of ether oxygens (including phenoxy) is 2. The Hall–Kier alpha value is -3.46. The Labute approximate surface area is 241 Å². The maximum atomic E-state index is 13.0. The van der Waals surface area contributed by atoms with E-state index in [1.165, 1.54) is 0 Å². The van der Waals surface area contributed by atoms with Gasteiger partial charge < -0.3 is 14.8 Å². The predicted octanol–water partition coefficient (Wildman–Crippen LogP) is 7.26. The standard InChI is InChI=1S/C29H26Cl2N2O5S/c1-4-37-25-13-19(10-11-24(25)38-16-27(34)32-23-12-17(2)8-9-18(23)3)14-26-28(35)33(29(36)39-26)15-20-21(30)6-5-7-22(20)31/h5-14H,4,15-16H2,1-3H3,(H,32,34)/b26-14-. The Balaban J connectivity index is 1.47. The summed E-state index contributed by atoms with van der Waals surface area (Å²) in [5.41, 5.74) is 3.86. The van der Waals surface area contributed by atoms with Crippen LogP contribution >= 0.6 is 35.0 Å². The quantitative estimate of drug-likeness (QED) is 0.266. The molecule has 202 valence electrons. The molecule has 7 nitrogen and oxygen atoms in total. The van der Waals surface area contributed by atoms with E-state index in [1.807, 2.05) is 39.0 Å². The van der Waals surface area contributed by atoms with E-state index < -0.39 is 11.1 Å². The fourth-order valence-electron chi connectivity index (χ4n) is 3.83. The number of thioether (sulfide) groups is 1. The summed E-state index contributed by atoms with van der Waals surface area (Å²) in [7, 11) is 0. The van der Waals surface area contributed by atoms with Gasteiger partial charge in [-0.1, -0.05) is 47.5 Å². The Morgan fingerprint density at radius 2 is 1.74 bits per heavy atom. The van der Waals surface area contributed by atoms with E-state index in [-0.39, 0.29) is 24.0 Å². The number of carbonyl (C=O) groups excluding carboxylic acids is 3. The molecule has 3 aromatic rings. The molecule has 4 rings (SSSR count). The van der Waals surface area contributed by atoms with Gasteiger partial charge in [-0.05, 0) is 85.6 Å². The van der Waals surface area contributed by atoms with E-state index in [0.29, 0.717) is 39.3 Å². The summed E-state index contributed by atoms with van der Waals surface area (Å²) in [6.07, 6.45) is 1.61. The van der Waals surface area contributed by atoms with Crippen molar-refractivity contribution in [2.24, 2.45) is 0 Å². The largest absolute Gasteiger partial charge is 0.490 e. The zero-order valence-electron chi connectivity index (χ0n) is 21.5. The molecule has 0 bridgehead atoms. The van der Waals surface area contributed by atoms with Gasteiger partial charge in [-0.25, -0.2) is 0 Å². The molecule has 3 amide bonds. The first-order valence-corrected chi connectivity index (χ1v) is 13.7. The van der Waals surface area contributed by atoms with Crippen LogP contribution in [0.2, 0.25) is 10.0 Å². The van der Waals surface area contributed by atoms with Crippen LogP contribution < -0.4 is 14.8 Å². The number of nitrogens with zero attached hydrogens (tertiary/aromatic N) is 1. The molecule has 0 radical (unpaired) electrons. The van der Waals surface area contributed by atoms with E-state index in [0.717, 1.165) is 33.5 Å². The molecule has 1 fully saturated rings. The lowest BCUT2D eigenvalue weighted by Gasteiger charge is -2.15. The van der Waals surface area contributed by atoms with Gasteiger partial charge in [-0.15, -0.1) is 0 Å². The third kappa shape index (κ3) is 6.95. The normalized spacial score (nSPS) is 14.2. The fourth-order valence-corrected chi connectivity index (χ4v) is 5.19. The lowest BCUT2D eigenvalue weighted by atomic mass is 10.1. The molecule has 1 saturated heterocycles. The average Bonchev–Trinajstić information content (AvgIpc) is 3.15. The van der Waals surface area contributed by atoms with Crippen molar-refractivity contribution in [1.82, 2.24) is 4.90 Å². The molecular formula is C29H26Cl2N2O5S. The number of amides is 3. The molecule has 10 heteroatoms. The van der Waals surface area contributed by atoms with Gasteiger partial charge in [0.05, 0.1) is 18.1 Å². The zero-order valence-corrected chi connectivity index (χ0v) is 23.9. The molecule has 0 aromatic heterocycles. The molecule has 0 unspecified atom stereocenters. The molecule has 39 heavy (non-hydrogen) atoms. The minimum Gasteiger partial charge on any atom is -0.490 e. The fraction of sp³-hybridized carbons (Fsp3) is 0.207. The maximum Gasteiger partial charge on any atom is 0.293 e. The third-order valence-electron chi connectivity index (χ3n) is 5.84. The number of halogens is 2. The van der Waals surface area contributed by atoms with Gasteiger partial charge in [-0.3, -0.25) is 19.3 Å². The summed E-state index contributed by atoms with van der Waals surface area (Å²) in [5, 5.41) is 3.21. The molecule has 1 N–H and O–H groups in total. The number of aryl methyl sites for hydroxylation is 2. The Bertz CT molecular complexity index is 1450. The molecule has 1 aliphatic rings. The van der Waals surface area contributed by atoms with Crippen LogP contribution in [0.1, 0.15) is 29.2 Å². The van der Waals surface area contributed by atoms with Crippen molar-refractivity contribution in [2.75, 3.05) is 18.5 Å². The van der Waals surface area contributed by atoms with Crippen LogP contribution in [-0.2, 0) is 16.1 Å². The lowest BCUT2D eigenvalue weighted by molar-refractivity contribution is -0.123. The second kappa shape index (κ2) is 12.6. The van der Waals surface area contributed by atoms with Crippen LogP contribution in [0.3, 0.4) is 0 Å². The number of hydrogen-bond acceptors (Lipinski definition) is 6. The second-order valence-electron chi connectivity index (χ2n) is 8.76. The number of carbonyl (C=O) groups is 3. The number of hydrogen-bond donors (Lipinski definition) is 1. The molecule has 1 aliphatic heterocycles. The van der Waals surface area contributed by atoms with Gasteiger partial charge in [-0.2, -0.15) is 0 Å². The first kappa shape index (κ1) is 28.5. The second-order valence-corrected chi connectivity index (χ2v) is 10.6. The highest BCUT2D eigenvalue weighted by Crippen LogP contribution is 2.37. The summed E-state index contributed by atoms with van der Waals surface area (Å²) in [4.78, 5) is 39.5. The Kier molecular flexibility index (Phi) is 9.22. The van der Waals surface area contributed by atoms with E-state index >= 15 is 0 Å². The molecule has 1 heterocycles. The maximum absolute atomic E-state index is 13.0. The van der Waals surface area contributed by atoms with Gasteiger partial charge in [0.15, 0.2) is 18.1 Å². The van der Waals surface area contributed by atoms with Crippen LogP contribution in [0.5, 0.6) is 11.5 Å². The zero-order chi connectivity index (χ0) is 28.1. The van der Waals surface area contributed by atoms with Gasteiger partial charge in [0, 0.05) is 21.3 Å². The van der Waals surface area contributed by atoms with Gasteiger partial charge in [0.25, 0.3) is 17.1 Å². The van der Waals surface area contributed by atoms with Crippen LogP contribution in [-0.4, -0.2) is 35.2 Å². The number of imide groups is 1. The number of rotatable bonds is 9. The lowest BCUT2D eigenvalue weighted by Crippen LogP contribution is -2.27. The van der Waals surface area contributed by atoms with Crippen molar-refractivity contribution in [3.05, 3.63) is 91.8 Å². The minimum atomic E-state index is -0.442. The molecule has 0 saturated carbocycles. The third-order valence-corrected chi connectivity index (χ3v) is 7.46.